The largest absolute Gasteiger partial charge is 0.463 e. The van der Waals surface area contributed by atoms with Crippen molar-refractivity contribution in [3.63, 3.8) is 0 Å². The number of aromatic nitrogens is 3. The Balaban J connectivity index is 1.72. The van der Waals surface area contributed by atoms with Gasteiger partial charge in [-0.1, -0.05) is 47.5 Å². The number of fused-ring (bicyclic) bond motifs is 1. The van der Waals surface area contributed by atoms with Crippen LogP contribution in [0.2, 0.25) is 0 Å². The fraction of sp³-hybridized carbons (Fsp3) is 0.280. The molecule has 8 nitrogen and oxygen atoms in total. The Morgan fingerprint density at radius 1 is 1.00 bits per heavy atom. The number of hydrogen-bond donors (Lipinski definition) is 1. The molecule has 33 heavy (non-hydrogen) atoms. The van der Waals surface area contributed by atoms with Crippen LogP contribution in [0.25, 0.3) is 0 Å². The first-order valence-corrected chi connectivity index (χ1v) is 10.9. The molecule has 0 spiro atoms. The second-order valence-electron chi connectivity index (χ2n) is 8.04. The van der Waals surface area contributed by atoms with E-state index in [1.807, 2.05) is 69.3 Å². The van der Waals surface area contributed by atoms with Gasteiger partial charge in [-0.25, -0.2) is 9.48 Å². The van der Waals surface area contributed by atoms with Gasteiger partial charge in [0.15, 0.2) is 0 Å². The van der Waals surface area contributed by atoms with Crippen LogP contribution in [-0.4, -0.2) is 39.8 Å². The van der Waals surface area contributed by atoms with E-state index in [0.29, 0.717) is 22.9 Å². The van der Waals surface area contributed by atoms with Gasteiger partial charge in [0.2, 0.25) is 11.9 Å². The third-order valence-electron chi connectivity index (χ3n) is 5.63. The van der Waals surface area contributed by atoms with Gasteiger partial charge in [0, 0.05) is 11.4 Å². The van der Waals surface area contributed by atoms with E-state index in [9.17, 15) is 9.59 Å². The van der Waals surface area contributed by atoms with Gasteiger partial charge in [-0.3, -0.25) is 4.79 Å². The average Bonchev–Trinajstić information content (AvgIpc) is 3.27. The maximum Gasteiger partial charge on any atom is 0.338 e. The quantitative estimate of drug-likeness (QED) is 0.581. The van der Waals surface area contributed by atoms with Crippen molar-refractivity contribution in [1.29, 1.82) is 0 Å². The molecule has 0 bridgehead atoms. The summed E-state index contributed by atoms with van der Waals surface area (Å²) in [5.41, 5.74) is 4.85. The van der Waals surface area contributed by atoms with E-state index in [-0.39, 0.29) is 19.1 Å². The van der Waals surface area contributed by atoms with E-state index in [1.54, 1.807) is 16.5 Å². The molecule has 0 saturated carbocycles. The molecule has 1 N–H and O–H groups in total. The minimum Gasteiger partial charge on any atom is -0.463 e. The number of benzene rings is 2. The fourth-order valence-corrected chi connectivity index (χ4v) is 3.93. The van der Waals surface area contributed by atoms with Crippen molar-refractivity contribution in [2.45, 2.75) is 33.7 Å². The summed E-state index contributed by atoms with van der Waals surface area (Å²) in [4.78, 5) is 32.1. The first-order valence-electron chi connectivity index (χ1n) is 10.9. The Kier molecular flexibility index (Phi) is 6.26. The van der Waals surface area contributed by atoms with Gasteiger partial charge >= 0.3 is 5.97 Å². The lowest BCUT2D eigenvalue weighted by atomic mass is 9.94. The second-order valence-corrected chi connectivity index (χ2v) is 8.04. The van der Waals surface area contributed by atoms with Crippen molar-refractivity contribution in [3.8, 4) is 0 Å². The Hall–Kier alpha value is -3.94. The predicted octanol–water partition coefficient (Wildman–Crippen LogP) is 3.78. The number of hydrogen-bond acceptors (Lipinski definition) is 6. The van der Waals surface area contributed by atoms with Crippen molar-refractivity contribution in [2.24, 2.45) is 0 Å². The molecule has 0 radical (unpaired) electrons. The maximum atomic E-state index is 13.1. The van der Waals surface area contributed by atoms with Crippen molar-refractivity contribution in [2.75, 3.05) is 23.4 Å². The summed E-state index contributed by atoms with van der Waals surface area (Å²) in [6.07, 6.45) is 1.43. The smallest absolute Gasteiger partial charge is 0.338 e. The molecule has 3 aromatic rings. The van der Waals surface area contributed by atoms with Crippen molar-refractivity contribution in [3.05, 3.63) is 82.8 Å². The number of nitrogens with zero attached hydrogens (tertiary/aromatic N) is 4. The first kappa shape index (κ1) is 22.3. The van der Waals surface area contributed by atoms with Crippen molar-refractivity contribution in [1.82, 2.24) is 14.8 Å². The highest BCUT2D eigenvalue weighted by Gasteiger charge is 2.38. The Bertz CT molecular complexity index is 1200. The lowest BCUT2D eigenvalue weighted by Gasteiger charge is -2.35. The van der Waals surface area contributed by atoms with Gasteiger partial charge in [0.1, 0.15) is 18.9 Å². The molecule has 1 aromatic heterocycles. The zero-order chi connectivity index (χ0) is 23.5. The van der Waals surface area contributed by atoms with Crippen LogP contribution in [0, 0.1) is 13.8 Å². The van der Waals surface area contributed by atoms with Crippen LogP contribution in [0.5, 0.6) is 0 Å². The van der Waals surface area contributed by atoms with Gasteiger partial charge in [0.25, 0.3) is 0 Å². The number of carbonyl (C=O) groups is 2. The van der Waals surface area contributed by atoms with E-state index >= 15 is 0 Å². The number of ether oxygens (including phenoxy) is 1. The molecule has 0 saturated heterocycles. The van der Waals surface area contributed by atoms with E-state index in [1.165, 1.54) is 6.33 Å². The molecular formula is C25H27N5O3. The number of esters is 1. The van der Waals surface area contributed by atoms with Gasteiger partial charge in [-0.05, 0) is 45.4 Å². The lowest BCUT2D eigenvalue weighted by Crippen LogP contribution is -2.40. The Labute approximate surface area is 192 Å². The third-order valence-corrected chi connectivity index (χ3v) is 5.63. The fourth-order valence-electron chi connectivity index (χ4n) is 3.93. The molecule has 1 amide bonds. The SMILES string of the molecule is CCOC(=O)C1=C(C)N(CC(=O)Nc2ccc(C)cc2)c2ncnn2C1c1ccc(C)cc1. The standard InChI is InChI=1S/C25H27N5O3/c1-5-33-24(32)22-18(4)29(14-21(31)28-20-12-8-17(3)9-13-20)25-26-15-27-30(25)23(22)19-10-6-16(2)7-11-19/h6-13,15,23H,5,14H2,1-4H3,(H,28,31). The van der Waals surface area contributed by atoms with Crippen LogP contribution in [0.3, 0.4) is 0 Å². The van der Waals surface area contributed by atoms with Crippen LogP contribution >= 0.6 is 0 Å². The minimum absolute atomic E-state index is 0.0259. The topological polar surface area (TPSA) is 89.3 Å². The summed E-state index contributed by atoms with van der Waals surface area (Å²) >= 11 is 0. The number of rotatable bonds is 6. The van der Waals surface area contributed by atoms with Crippen LogP contribution in [0.1, 0.15) is 36.6 Å². The molecule has 0 aliphatic carbocycles. The number of anilines is 2. The summed E-state index contributed by atoms with van der Waals surface area (Å²) in [5.74, 6) is -0.180. The number of aryl methyl sites for hydroxylation is 2. The van der Waals surface area contributed by atoms with Gasteiger partial charge in [-0.2, -0.15) is 10.1 Å². The molecule has 1 aliphatic rings. The molecule has 4 rings (SSSR count). The Morgan fingerprint density at radius 2 is 1.64 bits per heavy atom. The number of amides is 1. The normalized spacial score (nSPS) is 15.3. The highest BCUT2D eigenvalue weighted by atomic mass is 16.5. The molecule has 2 heterocycles. The van der Waals surface area contributed by atoms with Crippen LogP contribution in [0.15, 0.2) is 66.1 Å². The summed E-state index contributed by atoms with van der Waals surface area (Å²) in [6.45, 7) is 7.79. The zero-order valence-corrected chi connectivity index (χ0v) is 19.2. The molecule has 8 heteroatoms. The molecule has 170 valence electrons. The maximum absolute atomic E-state index is 13.1. The van der Waals surface area contributed by atoms with Crippen LogP contribution in [0.4, 0.5) is 11.6 Å². The molecule has 1 unspecified atom stereocenters. The zero-order valence-electron chi connectivity index (χ0n) is 19.2. The Morgan fingerprint density at radius 3 is 2.27 bits per heavy atom. The number of allylic oxidation sites excluding steroid dienone is 1. The van der Waals surface area contributed by atoms with E-state index in [2.05, 4.69) is 15.4 Å². The van der Waals surface area contributed by atoms with Crippen molar-refractivity contribution < 1.29 is 14.3 Å². The predicted molar refractivity (Wildman–Crippen MR) is 126 cm³/mol. The highest BCUT2D eigenvalue weighted by Crippen LogP contribution is 2.38. The summed E-state index contributed by atoms with van der Waals surface area (Å²) < 4.78 is 7.06. The minimum atomic E-state index is -0.501. The van der Waals surface area contributed by atoms with E-state index in [0.717, 1.165) is 16.7 Å². The third kappa shape index (κ3) is 4.50. The van der Waals surface area contributed by atoms with Gasteiger partial charge in [-0.15, -0.1) is 0 Å². The molecular weight excluding hydrogens is 418 g/mol. The molecule has 1 atom stereocenters. The van der Waals surface area contributed by atoms with Crippen LogP contribution < -0.4 is 10.2 Å². The lowest BCUT2D eigenvalue weighted by molar-refractivity contribution is -0.139. The molecule has 2 aromatic carbocycles. The second kappa shape index (κ2) is 9.28. The summed E-state index contributed by atoms with van der Waals surface area (Å²) in [6, 6.07) is 15.0. The van der Waals surface area contributed by atoms with Gasteiger partial charge in [0.05, 0.1) is 12.2 Å². The summed E-state index contributed by atoms with van der Waals surface area (Å²) in [7, 11) is 0. The summed E-state index contributed by atoms with van der Waals surface area (Å²) in [5, 5.41) is 7.31. The molecule has 1 aliphatic heterocycles. The van der Waals surface area contributed by atoms with Crippen LogP contribution in [-0.2, 0) is 14.3 Å². The monoisotopic (exact) mass is 445 g/mol. The van der Waals surface area contributed by atoms with E-state index in [4.69, 9.17) is 4.74 Å². The number of carbonyl (C=O) groups excluding carboxylic acids is 2. The molecule has 0 fully saturated rings. The highest BCUT2D eigenvalue weighted by molar-refractivity contribution is 5.96. The van der Waals surface area contributed by atoms with Crippen molar-refractivity contribution >= 4 is 23.5 Å². The average molecular weight is 446 g/mol. The number of nitrogens with one attached hydrogen (secondary N) is 1. The van der Waals surface area contributed by atoms with E-state index < -0.39 is 12.0 Å². The first-order chi connectivity index (χ1) is 15.9. The van der Waals surface area contributed by atoms with Gasteiger partial charge < -0.3 is 15.0 Å².